The highest BCUT2D eigenvalue weighted by Crippen LogP contribution is 2.40. The molecule has 3 aromatic rings. The second-order valence-electron chi connectivity index (χ2n) is 7.01. The summed E-state index contributed by atoms with van der Waals surface area (Å²) < 4.78 is 20.1. The third kappa shape index (κ3) is 3.16. The van der Waals surface area contributed by atoms with Gasteiger partial charge in [0.2, 0.25) is 0 Å². The predicted octanol–water partition coefficient (Wildman–Crippen LogP) is 5.45. The van der Waals surface area contributed by atoms with E-state index in [1.165, 1.54) is 6.07 Å². The number of amides is 1. The Morgan fingerprint density at radius 1 is 1.30 bits per heavy atom. The van der Waals surface area contributed by atoms with Gasteiger partial charge in [-0.2, -0.15) is 0 Å². The molecule has 0 radical (unpaired) electrons. The predicted molar refractivity (Wildman–Crippen MR) is 104 cm³/mol. The second kappa shape index (κ2) is 6.89. The van der Waals surface area contributed by atoms with Gasteiger partial charge in [-0.15, -0.1) is 0 Å². The van der Waals surface area contributed by atoms with Crippen molar-refractivity contribution in [2.75, 3.05) is 6.54 Å². The van der Waals surface area contributed by atoms with E-state index in [0.29, 0.717) is 23.6 Å². The van der Waals surface area contributed by atoms with Crippen LogP contribution in [0, 0.1) is 5.82 Å². The fourth-order valence-corrected chi connectivity index (χ4v) is 3.92. The first-order valence-corrected chi connectivity index (χ1v) is 9.35. The lowest BCUT2D eigenvalue weighted by molar-refractivity contribution is 0.0651. The number of ether oxygens (including phenoxy) is 1. The molecule has 1 aliphatic rings. The molecule has 2 heterocycles. The van der Waals surface area contributed by atoms with E-state index in [1.54, 1.807) is 36.9 Å². The molecular weight excluding hydrogens is 367 g/mol. The fourth-order valence-electron chi connectivity index (χ4n) is 3.75. The van der Waals surface area contributed by atoms with Crippen molar-refractivity contribution in [3.05, 3.63) is 70.1 Å². The number of nitrogens with one attached hydrogen (secondary N) is 1. The highest BCUT2D eigenvalue weighted by molar-refractivity contribution is 6.31. The monoisotopic (exact) mass is 386 g/mol. The Hall–Kier alpha value is -2.53. The molecule has 0 saturated heterocycles. The topological polar surface area (TPSA) is 45.3 Å². The van der Waals surface area contributed by atoms with Crippen LogP contribution in [0.2, 0.25) is 5.02 Å². The van der Waals surface area contributed by atoms with Crippen LogP contribution < -0.4 is 0 Å². The first-order chi connectivity index (χ1) is 13.0. The summed E-state index contributed by atoms with van der Waals surface area (Å²) in [6.45, 7) is 4.05. The van der Waals surface area contributed by atoms with Gasteiger partial charge >= 0.3 is 6.09 Å². The van der Waals surface area contributed by atoms with Gasteiger partial charge in [0.25, 0.3) is 0 Å². The molecule has 0 spiro atoms. The van der Waals surface area contributed by atoms with Crippen LogP contribution in [0.15, 0.2) is 42.5 Å². The lowest BCUT2D eigenvalue weighted by atomic mass is 9.92. The number of benzene rings is 2. The van der Waals surface area contributed by atoms with Crippen LogP contribution in [-0.2, 0) is 11.2 Å². The number of fused-ring (bicyclic) bond motifs is 3. The number of H-pyrrole nitrogens is 1. The fraction of sp³-hybridized carbons (Fsp3) is 0.286. The molecule has 0 fully saturated rings. The summed E-state index contributed by atoms with van der Waals surface area (Å²) in [5, 5.41) is 1.66. The largest absolute Gasteiger partial charge is 0.447 e. The molecule has 1 amide bonds. The molecule has 6 heteroatoms. The van der Waals surface area contributed by atoms with E-state index in [2.05, 4.69) is 4.98 Å². The van der Waals surface area contributed by atoms with Crippen LogP contribution in [0.1, 0.15) is 36.7 Å². The van der Waals surface area contributed by atoms with Gasteiger partial charge in [-0.25, -0.2) is 9.18 Å². The van der Waals surface area contributed by atoms with Gasteiger partial charge in [-0.1, -0.05) is 29.8 Å². The number of rotatable bonds is 2. The van der Waals surface area contributed by atoms with E-state index in [-0.39, 0.29) is 11.9 Å². The van der Waals surface area contributed by atoms with Gasteiger partial charge < -0.3 is 9.72 Å². The zero-order valence-corrected chi connectivity index (χ0v) is 15.9. The summed E-state index contributed by atoms with van der Waals surface area (Å²) in [5.41, 5.74) is 3.24. The van der Waals surface area contributed by atoms with Crippen LogP contribution in [0.3, 0.4) is 0 Å². The van der Waals surface area contributed by atoms with E-state index in [9.17, 15) is 9.18 Å². The maximum atomic E-state index is 14.7. The minimum atomic E-state index is -0.577. The van der Waals surface area contributed by atoms with Crippen LogP contribution in [-0.4, -0.2) is 28.6 Å². The summed E-state index contributed by atoms with van der Waals surface area (Å²) in [7, 11) is 0. The molecule has 0 bridgehead atoms. The average Bonchev–Trinajstić information content (AvgIpc) is 2.99. The van der Waals surface area contributed by atoms with E-state index < -0.39 is 12.1 Å². The SMILES string of the molecule is CC(C)OC(=O)N1CCc2c([nH]c3ccc(Cl)cc23)C1c1ccccc1F. The third-order valence-corrected chi connectivity index (χ3v) is 5.09. The van der Waals surface area contributed by atoms with Crippen LogP contribution in [0.25, 0.3) is 10.9 Å². The molecule has 140 valence electrons. The zero-order valence-electron chi connectivity index (χ0n) is 15.1. The first-order valence-electron chi connectivity index (χ1n) is 8.97. The van der Waals surface area contributed by atoms with Crippen molar-refractivity contribution < 1.29 is 13.9 Å². The van der Waals surface area contributed by atoms with Crippen molar-refractivity contribution in [2.45, 2.75) is 32.4 Å². The Kier molecular flexibility index (Phi) is 4.56. The molecule has 1 aliphatic heterocycles. The van der Waals surface area contributed by atoms with Crippen molar-refractivity contribution in [1.29, 1.82) is 0 Å². The van der Waals surface area contributed by atoms with Crippen molar-refractivity contribution in [2.24, 2.45) is 0 Å². The number of carbonyl (C=O) groups excluding carboxylic acids is 1. The summed E-state index contributed by atoms with van der Waals surface area (Å²) in [5.74, 6) is -0.352. The van der Waals surface area contributed by atoms with Crippen molar-refractivity contribution >= 4 is 28.6 Å². The quantitative estimate of drug-likeness (QED) is 0.636. The van der Waals surface area contributed by atoms with Crippen LogP contribution in [0.4, 0.5) is 9.18 Å². The minimum Gasteiger partial charge on any atom is -0.447 e. The van der Waals surface area contributed by atoms with E-state index >= 15 is 0 Å². The van der Waals surface area contributed by atoms with Gasteiger partial charge in [0.05, 0.1) is 6.10 Å². The first kappa shape index (κ1) is 17.9. The van der Waals surface area contributed by atoms with Gasteiger partial charge in [0.1, 0.15) is 11.9 Å². The van der Waals surface area contributed by atoms with Crippen molar-refractivity contribution in [1.82, 2.24) is 9.88 Å². The molecule has 4 rings (SSSR count). The lowest BCUT2D eigenvalue weighted by Crippen LogP contribution is -2.42. The highest BCUT2D eigenvalue weighted by Gasteiger charge is 2.37. The van der Waals surface area contributed by atoms with Crippen LogP contribution in [0.5, 0.6) is 0 Å². The molecule has 1 N–H and O–H groups in total. The smallest absolute Gasteiger partial charge is 0.410 e. The summed E-state index contributed by atoms with van der Waals surface area (Å²) >= 11 is 6.17. The number of aromatic amines is 1. The Bertz CT molecular complexity index is 1010. The van der Waals surface area contributed by atoms with E-state index in [4.69, 9.17) is 16.3 Å². The molecular formula is C21H20ClFN2O2. The maximum absolute atomic E-state index is 14.7. The number of aromatic nitrogens is 1. The Morgan fingerprint density at radius 2 is 2.07 bits per heavy atom. The molecule has 27 heavy (non-hydrogen) atoms. The van der Waals surface area contributed by atoms with Crippen molar-refractivity contribution in [3.63, 3.8) is 0 Å². The van der Waals surface area contributed by atoms with E-state index in [1.807, 2.05) is 18.2 Å². The standard InChI is InChI=1S/C21H20ClFN2O2/c1-12(2)27-21(26)25-10-9-14-16-11-13(22)7-8-18(16)24-19(14)20(25)15-5-3-4-6-17(15)23/h3-8,11-12,20,24H,9-10H2,1-2H3. The molecule has 0 saturated carbocycles. The van der Waals surface area contributed by atoms with Crippen molar-refractivity contribution in [3.8, 4) is 0 Å². The molecule has 1 aromatic heterocycles. The van der Waals surface area contributed by atoms with Gasteiger partial charge in [0, 0.05) is 33.7 Å². The third-order valence-electron chi connectivity index (χ3n) is 4.86. The average molecular weight is 387 g/mol. The molecule has 0 aliphatic carbocycles. The Balaban J connectivity index is 1.89. The van der Waals surface area contributed by atoms with Gasteiger partial charge in [-0.3, -0.25) is 4.90 Å². The number of carbonyl (C=O) groups is 1. The Morgan fingerprint density at radius 3 is 2.81 bits per heavy atom. The summed E-state index contributed by atoms with van der Waals surface area (Å²) in [6.07, 6.45) is -0.0457. The highest BCUT2D eigenvalue weighted by atomic mass is 35.5. The summed E-state index contributed by atoms with van der Waals surface area (Å²) in [4.78, 5) is 17.7. The van der Waals surface area contributed by atoms with Gasteiger partial charge in [-0.05, 0) is 50.1 Å². The second-order valence-corrected chi connectivity index (χ2v) is 7.44. The van der Waals surface area contributed by atoms with Crippen LogP contribution >= 0.6 is 11.6 Å². The molecule has 1 atom stereocenters. The summed E-state index contributed by atoms with van der Waals surface area (Å²) in [6, 6.07) is 11.6. The molecule has 4 nitrogen and oxygen atoms in total. The lowest BCUT2D eigenvalue weighted by Gasteiger charge is -2.36. The number of hydrogen-bond donors (Lipinski definition) is 1. The normalized spacial score (nSPS) is 16.6. The number of nitrogens with zero attached hydrogens (tertiary/aromatic N) is 1. The number of halogens is 2. The molecule has 2 aromatic carbocycles. The minimum absolute atomic E-state index is 0.248. The molecule has 1 unspecified atom stereocenters. The Labute approximate surface area is 161 Å². The van der Waals surface area contributed by atoms with Gasteiger partial charge in [0.15, 0.2) is 0 Å². The number of hydrogen-bond acceptors (Lipinski definition) is 2. The van der Waals surface area contributed by atoms with E-state index in [0.717, 1.165) is 22.2 Å². The maximum Gasteiger partial charge on any atom is 0.410 e. The zero-order chi connectivity index (χ0) is 19.1.